The van der Waals surface area contributed by atoms with Crippen molar-refractivity contribution in [1.29, 1.82) is 0 Å². The number of halogens is 1. The van der Waals surface area contributed by atoms with Crippen molar-refractivity contribution in [2.75, 3.05) is 11.9 Å². The zero-order valence-corrected chi connectivity index (χ0v) is 16.9. The molecule has 0 unspecified atom stereocenters. The minimum absolute atomic E-state index is 0.114. The van der Waals surface area contributed by atoms with Crippen molar-refractivity contribution >= 4 is 40.5 Å². The van der Waals surface area contributed by atoms with Crippen LogP contribution in [0.4, 0.5) is 5.69 Å². The molecule has 0 saturated heterocycles. The van der Waals surface area contributed by atoms with E-state index in [1.165, 1.54) is 5.56 Å². The predicted molar refractivity (Wildman–Crippen MR) is 111 cm³/mol. The second kappa shape index (κ2) is 9.01. The minimum atomic E-state index is -0.328. The predicted octanol–water partition coefficient (Wildman–Crippen LogP) is 4.97. The fraction of sp³-hybridized carbons (Fsp3) is 0.300. The highest BCUT2D eigenvalue weighted by atomic mass is 35.5. The van der Waals surface area contributed by atoms with Crippen LogP contribution in [0.5, 0.6) is 5.75 Å². The van der Waals surface area contributed by atoms with Crippen molar-refractivity contribution in [1.82, 2.24) is 5.32 Å². The molecule has 0 spiro atoms. The van der Waals surface area contributed by atoms with E-state index in [-0.39, 0.29) is 17.6 Å². The maximum Gasteiger partial charge on any atom is 0.264 e. The number of aryl methyl sites for hydroxylation is 2. The van der Waals surface area contributed by atoms with Gasteiger partial charge in [-0.1, -0.05) is 37.6 Å². The molecule has 0 radical (unpaired) electrons. The molecule has 0 aliphatic rings. The van der Waals surface area contributed by atoms with E-state index in [1.807, 2.05) is 44.2 Å². The third-order valence-corrected chi connectivity index (χ3v) is 4.53. The van der Waals surface area contributed by atoms with Gasteiger partial charge in [0.2, 0.25) is 0 Å². The third-order valence-electron chi connectivity index (χ3n) is 3.92. The molecule has 0 aliphatic carbocycles. The highest BCUT2D eigenvalue weighted by Gasteiger charge is 2.09. The zero-order valence-electron chi connectivity index (χ0n) is 15.4. The Labute approximate surface area is 164 Å². The van der Waals surface area contributed by atoms with Gasteiger partial charge in [0.05, 0.1) is 0 Å². The summed E-state index contributed by atoms with van der Waals surface area (Å²) in [6.07, 6.45) is 0. The van der Waals surface area contributed by atoms with Gasteiger partial charge in [-0.3, -0.25) is 10.1 Å². The first-order valence-corrected chi connectivity index (χ1v) is 9.15. The highest BCUT2D eigenvalue weighted by Crippen LogP contribution is 2.23. The first kappa shape index (κ1) is 20.2. The molecule has 6 heteroatoms. The average molecular weight is 391 g/mol. The van der Waals surface area contributed by atoms with Gasteiger partial charge >= 0.3 is 0 Å². The van der Waals surface area contributed by atoms with Gasteiger partial charge in [0.25, 0.3) is 5.91 Å². The Morgan fingerprint density at radius 1 is 1.15 bits per heavy atom. The molecular weight excluding hydrogens is 368 g/mol. The van der Waals surface area contributed by atoms with Crippen LogP contribution >= 0.6 is 23.8 Å². The van der Waals surface area contributed by atoms with E-state index in [9.17, 15) is 4.79 Å². The average Bonchev–Trinajstić information content (AvgIpc) is 2.56. The van der Waals surface area contributed by atoms with Gasteiger partial charge in [0.1, 0.15) is 5.75 Å². The first-order chi connectivity index (χ1) is 12.3. The number of ether oxygens (including phenoxy) is 1. The highest BCUT2D eigenvalue weighted by molar-refractivity contribution is 7.80. The zero-order chi connectivity index (χ0) is 19.3. The van der Waals surface area contributed by atoms with Gasteiger partial charge in [-0.15, -0.1) is 0 Å². The second-order valence-corrected chi connectivity index (χ2v) is 7.24. The molecule has 0 heterocycles. The van der Waals surface area contributed by atoms with E-state index in [0.717, 1.165) is 11.1 Å². The lowest BCUT2D eigenvalue weighted by Gasteiger charge is -2.13. The summed E-state index contributed by atoms with van der Waals surface area (Å²) >= 11 is 11.2. The fourth-order valence-corrected chi connectivity index (χ4v) is 2.94. The van der Waals surface area contributed by atoms with Crippen molar-refractivity contribution in [3.05, 3.63) is 58.1 Å². The lowest BCUT2D eigenvalue weighted by Crippen LogP contribution is -2.37. The number of hydrogen-bond donors (Lipinski definition) is 2. The van der Waals surface area contributed by atoms with Crippen LogP contribution in [0.1, 0.15) is 36.5 Å². The quantitative estimate of drug-likeness (QED) is 0.707. The number of carbonyl (C=O) groups excluding carboxylic acids is 1. The van der Waals surface area contributed by atoms with E-state index >= 15 is 0 Å². The number of thiocarbonyl (C=S) groups is 1. The molecule has 0 fully saturated rings. The van der Waals surface area contributed by atoms with Crippen molar-refractivity contribution in [2.45, 2.75) is 33.6 Å². The molecule has 1 amide bonds. The molecule has 2 aromatic rings. The van der Waals surface area contributed by atoms with Crippen molar-refractivity contribution in [3.8, 4) is 5.75 Å². The van der Waals surface area contributed by atoms with Crippen LogP contribution in [0.2, 0.25) is 5.02 Å². The molecule has 0 saturated carbocycles. The summed E-state index contributed by atoms with van der Waals surface area (Å²) < 4.78 is 5.55. The number of rotatable bonds is 5. The normalized spacial score (nSPS) is 10.5. The summed E-state index contributed by atoms with van der Waals surface area (Å²) in [5.74, 6) is 0.781. The number of hydrogen-bond acceptors (Lipinski definition) is 3. The molecule has 0 atom stereocenters. The molecule has 0 bridgehead atoms. The third kappa shape index (κ3) is 5.71. The number of carbonyl (C=O) groups is 1. The molecule has 4 nitrogen and oxygen atoms in total. The summed E-state index contributed by atoms with van der Waals surface area (Å²) in [7, 11) is 0. The molecular formula is C20H23ClN2O2S. The Morgan fingerprint density at radius 3 is 2.50 bits per heavy atom. The van der Waals surface area contributed by atoms with Crippen LogP contribution < -0.4 is 15.4 Å². The fourth-order valence-electron chi connectivity index (χ4n) is 2.53. The Hall–Kier alpha value is -2.11. The van der Waals surface area contributed by atoms with E-state index in [4.69, 9.17) is 28.6 Å². The number of nitrogens with one attached hydrogen (secondary N) is 2. The summed E-state index contributed by atoms with van der Waals surface area (Å²) in [5, 5.41) is 6.35. The summed E-state index contributed by atoms with van der Waals surface area (Å²) in [6, 6.07) is 11.3. The molecule has 2 N–H and O–H groups in total. The largest absolute Gasteiger partial charge is 0.484 e. The van der Waals surface area contributed by atoms with Gasteiger partial charge in [-0.05, 0) is 72.9 Å². The first-order valence-electron chi connectivity index (χ1n) is 8.36. The summed E-state index contributed by atoms with van der Waals surface area (Å²) in [5.41, 5.74) is 4.10. The van der Waals surface area contributed by atoms with Crippen molar-refractivity contribution < 1.29 is 9.53 Å². The monoisotopic (exact) mass is 390 g/mol. The van der Waals surface area contributed by atoms with Gasteiger partial charge in [-0.2, -0.15) is 0 Å². The smallest absolute Gasteiger partial charge is 0.264 e. The van der Waals surface area contributed by atoms with Gasteiger partial charge in [-0.25, -0.2) is 0 Å². The molecule has 0 aliphatic heterocycles. The molecule has 2 rings (SSSR count). The number of benzene rings is 2. The topological polar surface area (TPSA) is 50.4 Å². The van der Waals surface area contributed by atoms with E-state index in [0.29, 0.717) is 22.4 Å². The summed E-state index contributed by atoms with van der Waals surface area (Å²) in [4.78, 5) is 12.0. The molecule has 0 aromatic heterocycles. The Bertz CT molecular complexity index is 821. The van der Waals surface area contributed by atoms with Gasteiger partial charge in [0, 0.05) is 10.7 Å². The standard InChI is InChI=1S/C20H23ClN2O2S/c1-12(2)17-8-7-16(9-14(17)4)25-11-19(24)23-20(26)22-15-6-5-13(3)18(21)10-15/h5-10,12H,11H2,1-4H3,(H2,22,23,24,26). The SMILES string of the molecule is Cc1ccc(NC(=S)NC(=O)COc2ccc(C(C)C)c(C)c2)cc1Cl. The van der Waals surface area contributed by atoms with Gasteiger partial charge in [0.15, 0.2) is 11.7 Å². The van der Waals surface area contributed by atoms with Crippen molar-refractivity contribution in [2.24, 2.45) is 0 Å². The molecule has 26 heavy (non-hydrogen) atoms. The number of anilines is 1. The van der Waals surface area contributed by atoms with Crippen LogP contribution in [-0.4, -0.2) is 17.6 Å². The Morgan fingerprint density at radius 2 is 1.88 bits per heavy atom. The van der Waals surface area contributed by atoms with E-state index in [2.05, 4.69) is 24.5 Å². The maximum absolute atomic E-state index is 12.0. The Balaban J connectivity index is 1.85. The minimum Gasteiger partial charge on any atom is -0.484 e. The van der Waals surface area contributed by atoms with Crippen LogP contribution in [0.15, 0.2) is 36.4 Å². The van der Waals surface area contributed by atoms with Gasteiger partial charge < -0.3 is 10.1 Å². The maximum atomic E-state index is 12.0. The Kier molecular flexibility index (Phi) is 7.00. The lowest BCUT2D eigenvalue weighted by molar-refractivity contribution is -0.121. The lowest BCUT2D eigenvalue weighted by atomic mass is 9.98. The molecule has 138 valence electrons. The van der Waals surface area contributed by atoms with E-state index in [1.54, 1.807) is 6.07 Å². The van der Waals surface area contributed by atoms with Crippen molar-refractivity contribution in [3.63, 3.8) is 0 Å². The summed E-state index contributed by atoms with van der Waals surface area (Å²) in [6.45, 7) is 8.13. The van der Waals surface area contributed by atoms with Crippen LogP contribution in [0.25, 0.3) is 0 Å². The second-order valence-electron chi connectivity index (χ2n) is 6.43. The molecule has 2 aromatic carbocycles. The van der Waals surface area contributed by atoms with Crippen LogP contribution in [0.3, 0.4) is 0 Å². The van der Waals surface area contributed by atoms with Crippen LogP contribution in [0, 0.1) is 13.8 Å². The van der Waals surface area contributed by atoms with E-state index < -0.39 is 0 Å². The van der Waals surface area contributed by atoms with Crippen LogP contribution in [-0.2, 0) is 4.79 Å². The number of amides is 1.